The molecule has 3 rings (SSSR count). The summed E-state index contributed by atoms with van der Waals surface area (Å²) in [5.41, 5.74) is 0.732. The van der Waals surface area contributed by atoms with E-state index in [1.807, 2.05) is 18.2 Å². The first-order valence-electron chi connectivity index (χ1n) is 7.28. The summed E-state index contributed by atoms with van der Waals surface area (Å²) in [5, 5.41) is 1.39. The average molecular weight is 291 g/mol. The molecule has 1 aromatic rings. The van der Waals surface area contributed by atoms with Crippen LogP contribution in [0, 0.1) is 0 Å². The van der Waals surface area contributed by atoms with Crippen LogP contribution in [0.3, 0.4) is 0 Å². The van der Waals surface area contributed by atoms with Crippen LogP contribution >= 0.6 is 0 Å². The number of carbonyl (C=O) groups excluding carboxylic acids is 1. The average Bonchev–Trinajstić information content (AvgIpc) is 2.77. The van der Waals surface area contributed by atoms with Crippen molar-refractivity contribution in [2.75, 3.05) is 27.2 Å². The molecule has 2 aliphatic rings. The third-order valence-corrected chi connectivity index (χ3v) is 4.30. The van der Waals surface area contributed by atoms with Gasteiger partial charge in [0.15, 0.2) is 0 Å². The number of piperidine rings is 1. The molecule has 3 heterocycles. The molecule has 21 heavy (non-hydrogen) atoms. The van der Waals surface area contributed by atoms with E-state index in [0.717, 1.165) is 38.2 Å². The maximum atomic E-state index is 11.7. The minimum Gasteiger partial charge on any atom is -0.481 e. The highest BCUT2D eigenvalue weighted by Crippen LogP contribution is 2.36. The van der Waals surface area contributed by atoms with E-state index >= 15 is 0 Å². The molecule has 0 atom stereocenters. The fraction of sp³-hybridized carbons (Fsp3) is 0.600. The molecule has 0 radical (unpaired) electrons. The Balaban J connectivity index is 1.57. The van der Waals surface area contributed by atoms with E-state index in [9.17, 15) is 4.79 Å². The molecular weight excluding hydrogens is 270 g/mol. The van der Waals surface area contributed by atoms with Crippen molar-refractivity contribution in [2.24, 2.45) is 0 Å². The lowest BCUT2D eigenvalue weighted by Gasteiger charge is -2.37. The number of ether oxygens (including phenoxy) is 1. The van der Waals surface area contributed by atoms with Gasteiger partial charge in [-0.25, -0.2) is 10.0 Å². The van der Waals surface area contributed by atoms with Gasteiger partial charge < -0.3 is 4.74 Å². The highest BCUT2D eigenvalue weighted by atomic mass is 16.7. The summed E-state index contributed by atoms with van der Waals surface area (Å²) in [6.07, 6.45) is 2.27. The van der Waals surface area contributed by atoms with E-state index in [0.29, 0.717) is 12.3 Å². The van der Waals surface area contributed by atoms with E-state index in [4.69, 9.17) is 9.57 Å². The number of methoxy groups -OCH3 is 1. The van der Waals surface area contributed by atoms with Crippen molar-refractivity contribution >= 4 is 5.91 Å². The normalized spacial score (nSPS) is 22.0. The van der Waals surface area contributed by atoms with Crippen molar-refractivity contribution in [1.82, 2.24) is 14.9 Å². The van der Waals surface area contributed by atoms with Gasteiger partial charge in [0.2, 0.25) is 11.8 Å². The predicted molar refractivity (Wildman–Crippen MR) is 76.5 cm³/mol. The van der Waals surface area contributed by atoms with Crippen molar-refractivity contribution in [2.45, 2.75) is 31.4 Å². The van der Waals surface area contributed by atoms with Crippen LogP contribution in [0.5, 0.6) is 5.88 Å². The van der Waals surface area contributed by atoms with Crippen LogP contribution in [0.2, 0.25) is 0 Å². The second kappa shape index (κ2) is 5.61. The van der Waals surface area contributed by atoms with Crippen LogP contribution in [-0.2, 0) is 16.2 Å². The van der Waals surface area contributed by atoms with Gasteiger partial charge in [-0.05, 0) is 18.9 Å². The first-order valence-corrected chi connectivity index (χ1v) is 7.28. The summed E-state index contributed by atoms with van der Waals surface area (Å²) in [4.78, 5) is 24.2. The molecule has 0 bridgehead atoms. The lowest BCUT2D eigenvalue weighted by molar-refractivity contribution is -0.199. The van der Waals surface area contributed by atoms with E-state index < -0.39 is 0 Å². The molecule has 6 nitrogen and oxygen atoms in total. The van der Waals surface area contributed by atoms with E-state index in [1.54, 1.807) is 14.2 Å². The summed E-state index contributed by atoms with van der Waals surface area (Å²) in [7, 11) is 3.32. The Labute approximate surface area is 124 Å². The quantitative estimate of drug-likeness (QED) is 0.838. The first-order chi connectivity index (χ1) is 10.1. The van der Waals surface area contributed by atoms with Crippen LogP contribution in [0.25, 0.3) is 0 Å². The second-order valence-electron chi connectivity index (χ2n) is 5.79. The molecule has 0 aliphatic carbocycles. The summed E-state index contributed by atoms with van der Waals surface area (Å²) >= 11 is 0. The highest BCUT2D eigenvalue weighted by molar-refractivity contribution is 5.77. The van der Waals surface area contributed by atoms with Crippen LogP contribution in [0.1, 0.15) is 25.0 Å². The van der Waals surface area contributed by atoms with Gasteiger partial charge in [0, 0.05) is 32.7 Å². The third kappa shape index (κ3) is 3.01. The summed E-state index contributed by atoms with van der Waals surface area (Å²) in [6.45, 7) is 2.64. The summed E-state index contributed by atoms with van der Waals surface area (Å²) in [6, 6.07) is 5.82. The van der Waals surface area contributed by atoms with Crippen LogP contribution < -0.4 is 4.74 Å². The Morgan fingerprint density at radius 2 is 2.14 bits per heavy atom. The molecule has 0 aromatic carbocycles. The number of likely N-dealkylation sites (tertiary alicyclic amines) is 1. The summed E-state index contributed by atoms with van der Waals surface area (Å²) < 4.78 is 5.15. The van der Waals surface area contributed by atoms with Gasteiger partial charge >= 0.3 is 0 Å². The molecule has 1 amide bonds. The summed E-state index contributed by atoms with van der Waals surface area (Å²) in [5.74, 6) is 0.727. The molecule has 0 unspecified atom stereocenters. The van der Waals surface area contributed by atoms with Crippen LogP contribution in [0.4, 0.5) is 0 Å². The van der Waals surface area contributed by atoms with Gasteiger partial charge in [0.25, 0.3) is 0 Å². The number of hydrogen-bond acceptors (Lipinski definition) is 5. The minimum atomic E-state index is -0.274. The zero-order valence-corrected chi connectivity index (χ0v) is 12.5. The third-order valence-electron chi connectivity index (χ3n) is 4.30. The zero-order chi connectivity index (χ0) is 14.9. The van der Waals surface area contributed by atoms with Crippen molar-refractivity contribution < 1.29 is 14.4 Å². The molecule has 2 saturated heterocycles. The van der Waals surface area contributed by atoms with Gasteiger partial charge in [0.05, 0.1) is 19.2 Å². The Hall–Kier alpha value is -1.66. The number of carbonyl (C=O) groups is 1. The zero-order valence-electron chi connectivity index (χ0n) is 12.5. The maximum absolute atomic E-state index is 11.7. The highest BCUT2D eigenvalue weighted by Gasteiger charge is 2.45. The number of aromatic nitrogens is 1. The minimum absolute atomic E-state index is 0.0814. The van der Waals surface area contributed by atoms with Crippen molar-refractivity contribution in [3.8, 4) is 5.88 Å². The Kier molecular flexibility index (Phi) is 3.82. The van der Waals surface area contributed by atoms with Gasteiger partial charge in [-0.1, -0.05) is 6.07 Å². The Morgan fingerprint density at radius 3 is 2.76 bits per heavy atom. The Morgan fingerprint density at radius 1 is 1.38 bits per heavy atom. The van der Waals surface area contributed by atoms with Crippen LogP contribution in [-0.4, -0.2) is 53.7 Å². The van der Waals surface area contributed by atoms with Gasteiger partial charge in [0.1, 0.15) is 5.60 Å². The Bertz CT molecular complexity index is 527. The smallest absolute Gasteiger partial charge is 0.248 e. The standard InChI is InChI=1S/C15H21N3O3/c1-17-14(19)10-15(21-17)6-8-18(9-7-15)11-12-4-3-5-13(16-12)20-2/h3-5H,6-11H2,1-2H3. The predicted octanol–water partition coefficient (Wildman–Crippen LogP) is 1.22. The van der Waals surface area contributed by atoms with Gasteiger partial charge in [-0.3, -0.25) is 14.5 Å². The van der Waals surface area contributed by atoms with Crippen LogP contribution in [0.15, 0.2) is 18.2 Å². The van der Waals surface area contributed by atoms with Crippen molar-refractivity contribution in [1.29, 1.82) is 0 Å². The number of hydroxylamine groups is 2. The SMILES string of the molecule is COc1cccc(CN2CCC3(CC2)CC(=O)N(C)O3)n1. The molecule has 1 aromatic heterocycles. The van der Waals surface area contributed by atoms with E-state index in [1.165, 1.54) is 5.06 Å². The van der Waals surface area contributed by atoms with Crippen molar-refractivity contribution in [3.63, 3.8) is 0 Å². The number of rotatable bonds is 3. The molecule has 0 saturated carbocycles. The molecular formula is C15H21N3O3. The number of nitrogens with zero attached hydrogens (tertiary/aromatic N) is 3. The van der Waals surface area contributed by atoms with E-state index in [-0.39, 0.29) is 11.5 Å². The molecule has 6 heteroatoms. The second-order valence-corrected chi connectivity index (χ2v) is 5.79. The largest absolute Gasteiger partial charge is 0.481 e. The topological polar surface area (TPSA) is 54.9 Å². The number of pyridine rings is 1. The molecule has 1 spiro atoms. The van der Waals surface area contributed by atoms with Gasteiger partial charge in [-0.15, -0.1) is 0 Å². The molecule has 114 valence electrons. The number of amides is 1. The van der Waals surface area contributed by atoms with E-state index in [2.05, 4.69) is 9.88 Å². The molecule has 0 N–H and O–H groups in total. The molecule has 2 aliphatic heterocycles. The first kappa shape index (κ1) is 14.3. The lowest BCUT2D eigenvalue weighted by atomic mass is 9.88. The fourth-order valence-corrected chi connectivity index (χ4v) is 3.04. The molecule has 2 fully saturated rings. The van der Waals surface area contributed by atoms with Gasteiger partial charge in [-0.2, -0.15) is 0 Å². The fourth-order valence-electron chi connectivity index (χ4n) is 3.04. The van der Waals surface area contributed by atoms with Crippen molar-refractivity contribution in [3.05, 3.63) is 23.9 Å². The maximum Gasteiger partial charge on any atom is 0.248 e. The number of hydrogen-bond donors (Lipinski definition) is 0. The lowest BCUT2D eigenvalue weighted by Crippen LogP contribution is -2.44. The monoisotopic (exact) mass is 291 g/mol.